The maximum Gasteiger partial charge on any atom is 0.344 e. The standard InChI is InChI=1S/C25H25N3O2S/c29-31(30)26-18-23-8-4-5-9-25(23)28(31)24-14-16-27(17-15-24)19-20-10-12-22(13-11-20)21-6-2-1-3-7-21/h1-13,18,24H,14-17,19H2. The zero-order valence-corrected chi connectivity index (χ0v) is 18.1. The van der Waals surface area contributed by atoms with Crippen LogP contribution < -0.4 is 4.31 Å². The van der Waals surface area contributed by atoms with Crippen LogP contribution in [0.25, 0.3) is 11.1 Å². The summed E-state index contributed by atoms with van der Waals surface area (Å²) >= 11 is 0. The van der Waals surface area contributed by atoms with Crippen LogP contribution in [0.3, 0.4) is 0 Å². The Morgan fingerprint density at radius 1 is 0.806 bits per heavy atom. The molecule has 158 valence electrons. The van der Waals surface area contributed by atoms with Crippen LogP contribution in [-0.4, -0.2) is 38.7 Å². The van der Waals surface area contributed by atoms with Crippen molar-refractivity contribution in [3.05, 3.63) is 90.0 Å². The van der Waals surface area contributed by atoms with Crippen molar-refractivity contribution in [2.24, 2.45) is 4.40 Å². The third kappa shape index (κ3) is 4.13. The van der Waals surface area contributed by atoms with Crippen LogP contribution in [-0.2, 0) is 16.8 Å². The Hall–Kier alpha value is -2.96. The Morgan fingerprint density at radius 2 is 1.45 bits per heavy atom. The van der Waals surface area contributed by atoms with Gasteiger partial charge in [0.1, 0.15) is 0 Å². The van der Waals surface area contributed by atoms with Crippen LogP contribution in [0.15, 0.2) is 83.3 Å². The molecule has 0 amide bonds. The summed E-state index contributed by atoms with van der Waals surface area (Å²) in [4.78, 5) is 2.40. The van der Waals surface area contributed by atoms with Crippen LogP contribution >= 0.6 is 0 Å². The number of hydrogen-bond donors (Lipinski definition) is 0. The van der Waals surface area contributed by atoms with Gasteiger partial charge in [-0.1, -0.05) is 72.8 Å². The minimum Gasteiger partial charge on any atom is -0.299 e. The molecule has 0 N–H and O–H groups in total. The van der Waals surface area contributed by atoms with Gasteiger partial charge < -0.3 is 0 Å². The average molecular weight is 432 g/mol. The molecular formula is C25H25N3O2S. The SMILES string of the molecule is O=S1(=O)N=Cc2ccccc2N1C1CCN(Cc2ccc(-c3ccccc3)cc2)CC1. The van der Waals surface area contributed by atoms with Gasteiger partial charge in [0.15, 0.2) is 0 Å². The van der Waals surface area contributed by atoms with Gasteiger partial charge in [-0.2, -0.15) is 12.8 Å². The van der Waals surface area contributed by atoms with Crippen molar-refractivity contribution in [1.82, 2.24) is 4.90 Å². The number of para-hydroxylation sites is 1. The lowest BCUT2D eigenvalue weighted by Crippen LogP contribution is -2.48. The first-order valence-corrected chi connectivity index (χ1v) is 12.1. The lowest BCUT2D eigenvalue weighted by Gasteiger charge is -2.39. The zero-order chi connectivity index (χ0) is 21.3. The van der Waals surface area contributed by atoms with Gasteiger partial charge in [-0.15, -0.1) is 0 Å². The van der Waals surface area contributed by atoms with Crippen LogP contribution in [0.5, 0.6) is 0 Å². The maximum absolute atomic E-state index is 12.7. The summed E-state index contributed by atoms with van der Waals surface area (Å²) in [5.74, 6) is 0. The first kappa shape index (κ1) is 20.0. The van der Waals surface area contributed by atoms with Gasteiger partial charge in [-0.05, 0) is 35.6 Å². The van der Waals surface area contributed by atoms with E-state index in [2.05, 4.69) is 57.8 Å². The molecule has 0 bridgehead atoms. The molecule has 5 rings (SSSR count). The monoisotopic (exact) mass is 431 g/mol. The fourth-order valence-corrected chi connectivity index (χ4v) is 5.84. The van der Waals surface area contributed by atoms with E-state index in [0.29, 0.717) is 0 Å². The normalized spacial score (nSPS) is 18.6. The van der Waals surface area contributed by atoms with Crippen molar-refractivity contribution in [2.75, 3.05) is 17.4 Å². The molecule has 2 aliphatic heterocycles. The van der Waals surface area contributed by atoms with Crippen LogP contribution in [0, 0.1) is 0 Å². The molecule has 0 saturated carbocycles. The van der Waals surface area contributed by atoms with Crippen molar-refractivity contribution < 1.29 is 8.42 Å². The van der Waals surface area contributed by atoms with Crippen molar-refractivity contribution in [2.45, 2.75) is 25.4 Å². The largest absolute Gasteiger partial charge is 0.344 e. The van der Waals surface area contributed by atoms with E-state index in [1.165, 1.54) is 27.2 Å². The van der Waals surface area contributed by atoms with Gasteiger partial charge in [0.25, 0.3) is 0 Å². The number of rotatable bonds is 4. The molecule has 3 aromatic rings. The molecule has 2 aliphatic rings. The number of hydrogen-bond acceptors (Lipinski definition) is 3. The summed E-state index contributed by atoms with van der Waals surface area (Å²) in [5, 5.41) is 0. The average Bonchev–Trinajstić information content (AvgIpc) is 2.81. The molecule has 1 saturated heterocycles. The van der Waals surface area contributed by atoms with Crippen molar-refractivity contribution in [3.8, 4) is 11.1 Å². The molecule has 0 atom stereocenters. The molecule has 0 unspecified atom stereocenters. The maximum atomic E-state index is 12.7. The fraction of sp³-hybridized carbons (Fsp3) is 0.240. The molecule has 0 spiro atoms. The topological polar surface area (TPSA) is 53.0 Å². The summed E-state index contributed by atoms with van der Waals surface area (Å²) in [6, 6.07) is 26.6. The number of nitrogens with zero attached hydrogens (tertiary/aromatic N) is 3. The number of fused-ring (bicyclic) bond motifs is 1. The second-order valence-corrected chi connectivity index (χ2v) is 9.64. The highest BCUT2D eigenvalue weighted by molar-refractivity contribution is 7.91. The first-order valence-electron chi connectivity index (χ1n) is 10.7. The summed E-state index contributed by atoms with van der Waals surface area (Å²) in [5.41, 5.74) is 5.32. The number of likely N-dealkylation sites (tertiary alicyclic amines) is 1. The Labute approximate surface area is 183 Å². The molecule has 1 fully saturated rings. The number of piperidine rings is 1. The summed E-state index contributed by atoms with van der Waals surface area (Å²) in [7, 11) is -3.66. The first-order chi connectivity index (χ1) is 15.1. The highest BCUT2D eigenvalue weighted by Gasteiger charge is 2.35. The molecule has 2 heterocycles. The quantitative estimate of drug-likeness (QED) is 0.611. The molecule has 6 heteroatoms. The van der Waals surface area contributed by atoms with E-state index >= 15 is 0 Å². The van der Waals surface area contributed by atoms with Crippen molar-refractivity contribution in [3.63, 3.8) is 0 Å². The van der Waals surface area contributed by atoms with Crippen LogP contribution in [0.1, 0.15) is 24.0 Å². The molecule has 0 aliphatic carbocycles. The zero-order valence-electron chi connectivity index (χ0n) is 17.3. The van der Waals surface area contributed by atoms with Crippen molar-refractivity contribution >= 4 is 22.1 Å². The summed E-state index contributed by atoms with van der Waals surface area (Å²) in [6.45, 7) is 2.61. The summed E-state index contributed by atoms with van der Waals surface area (Å²) < 4.78 is 30.7. The highest BCUT2D eigenvalue weighted by Crippen LogP contribution is 2.32. The Balaban J connectivity index is 1.24. The van der Waals surface area contributed by atoms with Gasteiger partial charge in [0, 0.05) is 31.2 Å². The molecule has 5 nitrogen and oxygen atoms in total. The molecule has 0 radical (unpaired) electrons. The molecule has 0 aromatic heterocycles. The van der Waals surface area contributed by atoms with E-state index in [1.807, 2.05) is 30.3 Å². The van der Waals surface area contributed by atoms with Gasteiger partial charge in [-0.25, -0.2) is 4.31 Å². The Morgan fingerprint density at radius 3 is 2.19 bits per heavy atom. The lowest BCUT2D eigenvalue weighted by atomic mass is 10.0. The fourth-order valence-electron chi connectivity index (χ4n) is 4.48. The molecular weight excluding hydrogens is 406 g/mol. The van der Waals surface area contributed by atoms with Gasteiger partial charge in [0.2, 0.25) is 0 Å². The smallest absolute Gasteiger partial charge is 0.299 e. The predicted molar refractivity (Wildman–Crippen MR) is 126 cm³/mol. The van der Waals surface area contributed by atoms with Crippen LogP contribution in [0.4, 0.5) is 5.69 Å². The molecule has 31 heavy (non-hydrogen) atoms. The van der Waals surface area contributed by atoms with E-state index in [9.17, 15) is 8.42 Å². The summed E-state index contributed by atoms with van der Waals surface area (Å²) in [6.07, 6.45) is 3.05. The minimum atomic E-state index is -3.66. The Bertz CT molecular complexity index is 1180. The van der Waals surface area contributed by atoms with Gasteiger partial charge >= 0.3 is 10.2 Å². The molecule has 3 aromatic carbocycles. The van der Waals surface area contributed by atoms with E-state index in [4.69, 9.17) is 0 Å². The van der Waals surface area contributed by atoms with Gasteiger partial charge in [-0.3, -0.25) is 4.90 Å². The second-order valence-electron chi connectivity index (χ2n) is 8.14. The van der Waals surface area contributed by atoms with Gasteiger partial charge in [0.05, 0.1) is 11.9 Å². The third-order valence-corrected chi connectivity index (χ3v) is 7.47. The minimum absolute atomic E-state index is 0.0553. The third-order valence-electron chi connectivity index (χ3n) is 6.10. The Kier molecular flexibility index (Phi) is 5.34. The number of benzene rings is 3. The van der Waals surface area contributed by atoms with Crippen molar-refractivity contribution in [1.29, 1.82) is 0 Å². The van der Waals surface area contributed by atoms with Crippen LogP contribution in [0.2, 0.25) is 0 Å². The second kappa shape index (κ2) is 8.29. The van der Waals surface area contributed by atoms with E-state index in [-0.39, 0.29) is 6.04 Å². The van der Waals surface area contributed by atoms with E-state index in [0.717, 1.165) is 43.7 Å². The van der Waals surface area contributed by atoms with E-state index < -0.39 is 10.2 Å². The highest BCUT2D eigenvalue weighted by atomic mass is 32.2. The van der Waals surface area contributed by atoms with E-state index in [1.54, 1.807) is 0 Å². The predicted octanol–water partition coefficient (Wildman–Crippen LogP) is 4.50. The lowest BCUT2D eigenvalue weighted by molar-refractivity contribution is 0.206. The number of anilines is 1.